The summed E-state index contributed by atoms with van der Waals surface area (Å²) in [5.41, 5.74) is 2.35. The molecule has 0 aliphatic heterocycles. The summed E-state index contributed by atoms with van der Waals surface area (Å²) in [5, 5.41) is 0. The van der Waals surface area contributed by atoms with Gasteiger partial charge in [0.15, 0.2) is 6.61 Å². The third kappa shape index (κ3) is 6.16. The van der Waals surface area contributed by atoms with Crippen molar-refractivity contribution in [1.82, 2.24) is 0 Å². The van der Waals surface area contributed by atoms with Gasteiger partial charge in [-0.3, -0.25) is 0 Å². The number of aryl methyl sites for hydroxylation is 1. The highest BCUT2D eigenvalue weighted by Gasteiger charge is 2.07. The maximum Gasteiger partial charge on any atom is 0.349 e. The molecule has 3 aromatic rings. The fraction of sp³-hybridized carbons (Fsp3) is 0.208. The molecular formula is C24H24O4. The molecule has 0 radical (unpaired) electrons. The van der Waals surface area contributed by atoms with E-state index in [1.165, 1.54) is 5.56 Å². The Labute approximate surface area is 165 Å². The summed E-state index contributed by atoms with van der Waals surface area (Å²) in [7, 11) is 0. The number of hydrogen-bond acceptors (Lipinski definition) is 4. The van der Waals surface area contributed by atoms with E-state index in [1.807, 2.05) is 54.6 Å². The molecule has 0 heterocycles. The number of benzene rings is 3. The SMILES string of the molecule is CCCc1ccc(OCC(=O)Oc2ccc(OCc3ccccc3)cc2)cc1. The van der Waals surface area contributed by atoms with Crippen molar-refractivity contribution in [3.05, 3.63) is 90.0 Å². The quantitative estimate of drug-likeness (QED) is 0.380. The average molecular weight is 376 g/mol. The van der Waals surface area contributed by atoms with Crippen molar-refractivity contribution < 1.29 is 19.0 Å². The lowest BCUT2D eigenvalue weighted by Gasteiger charge is -2.09. The first-order valence-electron chi connectivity index (χ1n) is 9.42. The lowest BCUT2D eigenvalue weighted by Crippen LogP contribution is -2.17. The summed E-state index contributed by atoms with van der Waals surface area (Å²) in [6.07, 6.45) is 2.13. The maximum absolute atomic E-state index is 12.0. The van der Waals surface area contributed by atoms with Gasteiger partial charge in [-0.15, -0.1) is 0 Å². The van der Waals surface area contributed by atoms with Gasteiger partial charge in [0, 0.05) is 0 Å². The molecule has 0 fully saturated rings. The molecule has 144 valence electrons. The molecule has 0 saturated carbocycles. The topological polar surface area (TPSA) is 44.8 Å². The molecule has 0 aromatic heterocycles. The molecular weight excluding hydrogens is 352 g/mol. The fourth-order valence-electron chi connectivity index (χ4n) is 2.69. The van der Waals surface area contributed by atoms with Gasteiger partial charge < -0.3 is 14.2 Å². The summed E-state index contributed by atoms with van der Waals surface area (Å²) in [4.78, 5) is 12.0. The van der Waals surface area contributed by atoms with Crippen LogP contribution in [-0.4, -0.2) is 12.6 Å². The van der Waals surface area contributed by atoms with E-state index in [-0.39, 0.29) is 6.61 Å². The Kier molecular flexibility index (Phi) is 7.08. The molecule has 0 spiro atoms. The Bertz CT molecular complexity index is 855. The number of hydrogen-bond donors (Lipinski definition) is 0. The van der Waals surface area contributed by atoms with E-state index in [4.69, 9.17) is 14.2 Å². The van der Waals surface area contributed by atoms with E-state index in [1.54, 1.807) is 24.3 Å². The summed E-state index contributed by atoms with van der Waals surface area (Å²) in [6.45, 7) is 2.49. The first kappa shape index (κ1) is 19.5. The van der Waals surface area contributed by atoms with Crippen LogP contribution in [0.15, 0.2) is 78.9 Å². The van der Waals surface area contributed by atoms with Gasteiger partial charge in [0.05, 0.1) is 0 Å². The molecule has 0 saturated heterocycles. The monoisotopic (exact) mass is 376 g/mol. The van der Waals surface area contributed by atoms with Crippen molar-refractivity contribution in [3.63, 3.8) is 0 Å². The highest BCUT2D eigenvalue weighted by Crippen LogP contribution is 2.19. The van der Waals surface area contributed by atoms with Crippen LogP contribution in [-0.2, 0) is 17.8 Å². The largest absolute Gasteiger partial charge is 0.489 e. The van der Waals surface area contributed by atoms with E-state index >= 15 is 0 Å². The molecule has 0 atom stereocenters. The molecule has 0 unspecified atom stereocenters. The number of ether oxygens (including phenoxy) is 3. The van der Waals surface area contributed by atoms with Crippen LogP contribution in [0.4, 0.5) is 0 Å². The van der Waals surface area contributed by atoms with E-state index in [0.29, 0.717) is 23.9 Å². The molecule has 3 rings (SSSR count). The fourth-order valence-corrected chi connectivity index (χ4v) is 2.69. The van der Waals surface area contributed by atoms with Gasteiger partial charge in [-0.2, -0.15) is 0 Å². The first-order chi connectivity index (χ1) is 13.7. The minimum absolute atomic E-state index is 0.140. The molecule has 4 heteroatoms. The first-order valence-corrected chi connectivity index (χ1v) is 9.42. The predicted molar refractivity (Wildman–Crippen MR) is 109 cm³/mol. The van der Waals surface area contributed by atoms with E-state index < -0.39 is 5.97 Å². The van der Waals surface area contributed by atoms with Crippen molar-refractivity contribution in [2.75, 3.05) is 6.61 Å². The maximum atomic E-state index is 12.0. The molecule has 0 aliphatic rings. The van der Waals surface area contributed by atoms with Crippen molar-refractivity contribution >= 4 is 5.97 Å². The normalized spacial score (nSPS) is 10.3. The van der Waals surface area contributed by atoms with Gasteiger partial charge in [-0.25, -0.2) is 4.79 Å². The Morgan fingerprint density at radius 1 is 0.714 bits per heavy atom. The summed E-state index contributed by atoms with van der Waals surface area (Å²) in [6, 6.07) is 24.7. The average Bonchev–Trinajstić information content (AvgIpc) is 2.74. The second-order valence-electron chi connectivity index (χ2n) is 6.40. The third-order valence-corrected chi connectivity index (χ3v) is 4.12. The summed E-state index contributed by atoms with van der Waals surface area (Å²) >= 11 is 0. The van der Waals surface area contributed by atoms with Gasteiger partial charge in [-0.05, 0) is 53.9 Å². The van der Waals surface area contributed by atoms with Gasteiger partial charge in [-0.1, -0.05) is 55.8 Å². The second kappa shape index (κ2) is 10.2. The Morgan fingerprint density at radius 2 is 1.32 bits per heavy atom. The highest BCUT2D eigenvalue weighted by molar-refractivity contribution is 5.74. The number of esters is 1. The molecule has 4 nitrogen and oxygen atoms in total. The van der Waals surface area contributed by atoms with Crippen LogP contribution in [0.2, 0.25) is 0 Å². The second-order valence-corrected chi connectivity index (χ2v) is 6.40. The van der Waals surface area contributed by atoms with Crippen LogP contribution in [0.5, 0.6) is 17.2 Å². The minimum atomic E-state index is -0.449. The van der Waals surface area contributed by atoms with Crippen LogP contribution < -0.4 is 14.2 Å². The Balaban J connectivity index is 1.43. The van der Waals surface area contributed by atoms with E-state index in [0.717, 1.165) is 18.4 Å². The molecule has 0 amide bonds. The van der Waals surface area contributed by atoms with Crippen LogP contribution in [0, 0.1) is 0 Å². The minimum Gasteiger partial charge on any atom is -0.489 e. The summed E-state index contributed by atoms with van der Waals surface area (Å²) < 4.78 is 16.5. The van der Waals surface area contributed by atoms with Gasteiger partial charge >= 0.3 is 5.97 Å². The van der Waals surface area contributed by atoms with Crippen LogP contribution in [0.3, 0.4) is 0 Å². The van der Waals surface area contributed by atoms with E-state index in [2.05, 4.69) is 6.92 Å². The van der Waals surface area contributed by atoms with Crippen LogP contribution in [0.1, 0.15) is 24.5 Å². The van der Waals surface area contributed by atoms with Crippen LogP contribution >= 0.6 is 0 Å². The Morgan fingerprint density at radius 3 is 2.00 bits per heavy atom. The molecule has 0 aliphatic carbocycles. The van der Waals surface area contributed by atoms with Gasteiger partial charge in [0.25, 0.3) is 0 Å². The molecule has 3 aromatic carbocycles. The zero-order valence-electron chi connectivity index (χ0n) is 16.0. The number of carbonyl (C=O) groups is 1. The van der Waals surface area contributed by atoms with Crippen molar-refractivity contribution in [3.8, 4) is 17.2 Å². The number of carbonyl (C=O) groups excluding carboxylic acids is 1. The van der Waals surface area contributed by atoms with Gasteiger partial charge in [0.1, 0.15) is 23.9 Å². The van der Waals surface area contributed by atoms with Crippen molar-refractivity contribution in [1.29, 1.82) is 0 Å². The highest BCUT2D eigenvalue weighted by atomic mass is 16.6. The van der Waals surface area contributed by atoms with Gasteiger partial charge in [0.2, 0.25) is 0 Å². The summed E-state index contributed by atoms with van der Waals surface area (Å²) in [5.74, 6) is 1.38. The molecule has 0 N–H and O–H groups in total. The molecule has 28 heavy (non-hydrogen) atoms. The zero-order valence-corrected chi connectivity index (χ0v) is 16.0. The Hall–Kier alpha value is -3.27. The van der Waals surface area contributed by atoms with Crippen molar-refractivity contribution in [2.24, 2.45) is 0 Å². The third-order valence-electron chi connectivity index (χ3n) is 4.12. The lowest BCUT2D eigenvalue weighted by molar-refractivity contribution is -0.136. The predicted octanol–water partition coefficient (Wildman–Crippen LogP) is 5.20. The lowest BCUT2D eigenvalue weighted by atomic mass is 10.1. The van der Waals surface area contributed by atoms with Crippen molar-refractivity contribution in [2.45, 2.75) is 26.4 Å². The van der Waals surface area contributed by atoms with E-state index in [9.17, 15) is 4.79 Å². The number of rotatable bonds is 9. The molecule has 0 bridgehead atoms. The smallest absolute Gasteiger partial charge is 0.349 e. The standard InChI is InChI=1S/C24H24O4/c1-2-6-19-9-11-21(12-10-19)27-18-24(25)28-23-15-13-22(14-16-23)26-17-20-7-4-3-5-8-20/h3-5,7-16H,2,6,17-18H2,1H3. The van der Waals surface area contributed by atoms with Crippen LogP contribution in [0.25, 0.3) is 0 Å². The zero-order chi connectivity index (χ0) is 19.6.